The van der Waals surface area contributed by atoms with Gasteiger partial charge < -0.3 is 9.47 Å². The molecule has 88 valence electrons. The minimum Gasteiger partial charge on any atom is -0.463 e. The van der Waals surface area contributed by atoms with Crippen LogP contribution in [0.1, 0.15) is 39.5 Å². The fourth-order valence-electron chi connectivity index (χ4n) is 1.41. The summed E-state index contributed by atoms with van der Waals surface area (Å²) in [6, 6.07) is 0. The van der Waals surface area contributed by atoms with Gasteiger partial charge in [0, 0.05) is 12.7 Å². The lowest BCUT2D eigenvalue weighted by atomic mass is 10.1. The lowest BCUT2D eigenvalue weighted by Crippen LogP contribution is -2.14. The third kappa shape index (κ3) is 8.18. The van der Waals surface area contributed by atoms with E-state index in [-0.39, 0.29) is 5.97 Å². The second-order valence-electron chi connectivity index (χ2n) is 3.38. The van der Waals surface area contributed by atoms with Crippen LogP contribution in [0.4, 0.5) is 0 Å². The van der Waals surface area contributed by atoms with Crippen LogP contribution < -0.4 is 0 Å². The second kappa shape index (κ2) is 9.71. The van der Waals surface area contributed by atoms with Crippen molar-refractivity contribution < 1.29 is 14.3 Å². The van der Waals surface area contributed by atoms with Crippen molar-refractivity contribution in [3.8, 4) is 0 Å². The Balaban J connectivity index is 3.52. The van der Waals surface area contributed by atoms with Crippen LogP contribution in [0.25, 0.3) is 0 Å². The number of ether oxygens (including phenoxy) is 2. The van der Waals surface area contributed by atoms with Gasteiger partial charge in [0.1, 0.15) is 0 Å². The molecule has 15 heavy (non-hydrogen) atoms. The lowest BCUT2D eigenvalue weighted by Gasteiger charge is -2.15. The monoisotopic (exact) mass is 214 g/mol. The number of carbonyl (C=O) groups excluding carboxylic acids is 1. The Morgan fingerprint density at radius 1 is 1.40 bits per heavy atom. The van der Waals surface area contributed by atoms with Gasteiger partial charge in [-0.25, -0.2) is 4.79 Å². The molecule has 0 spiro atoms. The zero-order valence-corrected chi connectivity index (χ0v) is 9.83. The van der Waals surface area contributed by atoms with Gasteiger partial charge in [0.05, 0.1) is 12.7 Å². The Hall–Kier alpha value is -0.830. The van der Waals surface area contributed by atoms with E-state index in [0.29, 0.717) is 12.7 Å². The van der Waals surface area contributed by atoms with Gasteiger partial charge in [0.2, 0.25) is 0 Å². The largest absolute Gasteiger partial charge is 0.463 e. The second-order valence-corrected chi connectivity index (χ2v) is 3.38. The predicted octanol–water partition coefficient (Wildman–Crippen LogP) is 2.70. The van der Waals surface area contributed by atoms with Crippen molar-refractivity contribution in [1.29, 1.82) is 0 Å². The molecule has 0 aromatic rings. The van der Waals surface area contributed by atoms with Gasteiger partial charge in [-0.15, -0.1) is 0 Å². The van der Waals surface area contributed by atoms with E-state index < -0.39 is 0 Å². The fraction of sp³-hybridized carbons (Fsp3) is 0.750. The van der Waals surface area contributed by atoms with Crippen molar-refractivity contribution in [3.63, 3.8) is 0 Å². The van der Waals surface area contributed by atoms with Crippen LogP contribution in [0.3, 0.4) is 0 Å². The van der Waals surface area contributed by atoms with E-state index in [2.05, 4.69) is 13.5 Å². The molecule has 0 rings (SSSR count). The van der Waals surface area contributed by atoms with Crippen LogP contribution >= 0.6 is 0 Å². The smallest absolute Gasteiger partial charge is 0.330 e. The summed E-state index contributed by atoms with van der Waals surface area (Å²) in [6.07, 6.45) is 5.49. The maximum Gasteiger partial charge on any atom is 0.330 e. The first-order valence-corrected chi connectivity index (χ1v) is 5.65. The van der Waals surface area contributed by atoms with Crippen molar-refractivity contribution in [3.05, 3.63) is 12.7 Å². The Kier molecular flexibility index (Phi) is 9.18. The Morgan fingerprint density at radius 2 is 2.13 bits per heavy atom. The summed E-state index contributed by atoms with van der Waals surface area (Å²) in [4.78, 5) is 10.7. The van der Waals surface area contributed by atoms with Gasteiger partial charge in [0.25, 0.3) is 0 Å². The van der Waals surface area contributed by atoms with E-state index in [9.17, 15) is 4.79 Å². The molecule has 0 heterocycles. The molecule has 0 aliphatic heterocycles. The third-order valence-corrected chi connectivity index (χ3v) is 2.09. The molecule has 3 nitrogen and oxygen atoms in total. The Morgan fingerprint density at radius 3 is 2.67 bits per heavy atom. The summed E-state index contributed by atoms with van der Waals surface area (Å²) in [7, 11) is 0. The number of rotatable bonds is 9. The normalized spacial score (nSPS) is 12.1. The molecule has 0 aromatic carbocycles. The summed E-state index contributed by atoms with van der Waals surface area (Å²) in [5.74, 6) is -0.349. The summed E-state index contributed by atoms with van der Waals surface area (Å²) in [5.41, 5.74) is 0. The van der Waals surface area contributed by atoms with E-state index in [1.54, 1.807) is 0 Å². The van der Waals surface area contributed by atoms with Gasteiger partial charge in [-0.2, -0.15) is 0 Å². The maximum atomic E-state index is 10.7. The number of hydrogen-bond donors (Lipinski definition) is 0. The van der Waals surface area contributed by atoms with Crippen LogP contribution in [0.15, 0.2) is 12.7 Å². The average molecular weight is 214 g/mol. The molecule has 0 fully saturated rings. The van der Waals surface area contributed by atoms with E-state index in [4.69, 9.17) is 9.47 Å². The molecule has 0 bridgehead atoms. The molecule has 0 saturated heterocycles. The summed E-state index contributed by atoms with van der Waals surface area (Å²) in [5, 5.41) is 0. The highest BCUT2D eigenvalue weighted by Crippen LogP contribution is 2.09. The van der Waals surface area contributed by atoms with E-state index in [0.717, 1.165) is 32.3 Å². The zero-order valence-electron chi connectivity index (χ0n) is 9.83. The van der Waals surface area contributed by atoms with Gasteiger partial charge >= 0.3 is 5.97 Å². The predicted molar refractivity (Wildman–Crippen MR) is 60.7 cm³/mol. The summed E-state index contributed by atoms with van der Waals surface area (Å²) >= 11 is 0. The Bertz CT molecular complexity index is 172. The minimum absolute atomic E-state index is 0.308. The van der Waals surface area contributed by atoms with Crippen LogP contribution in [-0.4, -0.2) is 25.3 Å². The SMILES string of the molecule is C=CC(=O)OCCCC(CCC)OCC. The first kappa shape index (κ1) is 14.2. The number of esters is 1. The number of hydrogen-bond acceptors (Lipinski definition) is 3. The number of carbonyl (C=O) groups is 1. The molecule has 0 aliphatic carbocycles. The minimum atomic E-state index is -0.349. The van der Waals surface area contributed by atoms with Crippen LogP contribution in [0.2, 0.25) is 0 Å². The van der Waals surface area contributed by atoms with Crippen molar-refractivity contribution in [2.45, 2.75) is 45.6 Å². The topological polar surface area (TPSA) is 35.5 Å². The molecular weight excluding hydrogens is 192 g/mol. The highest BCUT2D eigenvalue weighted by Gasteiger charge is 2.07. The molecule has 0 N–H and O–H groups in total. The summed E-state index contributed by atoms with van der Waals surface area (Å²) < 4.78 is 10.4. The first-order chi connectivity index (χ1) is 7.24. The van der Waals surface area contributed by atoms with E-state index in [1.807, 2.05) is 6.92 Å². The standard InChI is InChI=1S/C12H22O3/c1-4-8-11(14-6-3)9-7-10-15-12(13)5-2/h5,11H,2,4,6-10H2,1,3H3. The van der Waals surface area contributed by atoms with Crippen molar-refractivity contribution in [1.82, 2.24) is 0 Å². The molecular formula is C12H22O3. The van der Waals surface area contributed by atoms with E-state index >= 15 is 0 Å². The van der Waals surface area contributed by atoms with Crippen LogP contribution in [-0.2, 0) is 14.3 Å². The molecule has 0 radical (unpaired) electrons. The van der Waals surface area contributed by atoms with E-state index in [1.165, 1.54) is 6.08 Å². The zero-order chi connectivity index (χ0) is 11.5. The van der Waals surface area contributed by atoms with Gasteiger partial charge in [-0.05, 0) is 26.2 Å². The van der Waals surface area contributed by atoms with Crippen LogP contribution in [0, 0.1) is 0 Å². The van der Waals surface area contributed by atoms with Gasteiger partial charge in [-0.3, -0.25) is 0 Å². The highest BCUT2D eigenvalue weighted by atomic mass is 16.5. The maximum absolute atomic E-state index is 10.7. The van der Waals surface area contributed by atoms with Crippen molar-refractivity contribution in [2.75, 3.05) is 13.2 Å². The molecule has 0 saturated carbocycles. The van der Waals surface area contributed by atoms with Crippen LogP contribution in [0.5, 0.6) is 0 Å². The molecule has 0 aromatic heterocycles. The molecule has 3 heteroatoms. The molecule has 1 unspecified atom stereocenters. The Labute approximate surface area is 92.5 Å². The molecule has 0 aliphatic rings. The quantitative estimate of drug-likeness (QED) is 0.336. The summed E-state index contributed by atoms with van der Waals surface area (Å²) in [6.45, 7) is 8.68. The third-order valence-electron chi connectivity index (χ3n) is 2.09. The van der Waals surface area contributed by atoms with Gasteiger partial charge in [-0.1, -0.05) is 19.9 Å². The van der Waals surface area contributed by atoms with Crippen molar-refractivity contribution >= 4 is 5.97 Å². The van der Waals surface area contributed by atoms with Gasteiger partial charge in [0.15, 0.2) is 0 Å². The molecule has 0 amide bonds. The first-order valence-electron chi connectivity index (χ1n) is 5.65. The molecule has 1 atom stereocenters. The van der Waals surface area contributed by atoms with Crippen molar-refractivity contribution in [2.24, 2.45) is 0 Å². The fourth-order valence-corrected chi connectivity index (χ4v) is 1.41. The lowest BCUT2D eigenvalue weighted by molar-refractivity contribution is -0.138. The highest BCUT2D eigenvalue weighted by molar-refractivity contribution is 5.81. The average Bonchev–Trinajstić information content (AvgIpc) is 2.24.